The summed E-state index contributed by atoms with van der Waals surface area (Å²) in [5, 5.41) is 0. The number of carbonyl (C=O) groups excluding carboxylic acids is 2. The molecule has 0 saturated heterocycles. The molecule has 0 aromatic heterocycles. The third kappa shape index (κ3) is 15.3. The fourth-order valence-corrected chi connectivity index (χ4v) is 2.33. The highest BCUT2D eigenvalue weighted by atomic mass is 16.6. The van der Waals surface area contributed by atoms with Gasteiger partial charge in [0.25, 0.3) is 0 Å². The predicted octanol–water partition coefficient (Wildman–Crippen LogP) is 5.56. The van der Waals surface area contributed by atoms with Gasteiger partial charge in [-0.05, 0) is 12.8 Å². The van der Waals surface area contributed by atoms with Crippen molar-refractivity contribution in [2.24, 2.45) is 0 Å². The van der Waals surface area contributed by atoms with Crippen molar-refractivity contribution < 1.29 is 14.3 Å². The Morgan fingerprint density at radius 1 is 0.571 bits per heavy atom. The molecule has 0 amide bonds. The first kappa shape index (κ1) is 20.1. The van der Waals surface area contributed by atoms with Crippen molar-refractivity contribution in [1.29, 1.82) is 0 Å². The van der Waals surface area contributed by atoms with E-state index in [0.717, 1.165) is 38.5 Å². The Hall–Kier alpha value is -0.860. The summed E-state index contributed by atoms with van der Waals surface area (Å²) in [4.78, 5) is 22.9. The maximum Gasteiger partial charge on any atom is 0.313 e. The largest absolute Gasteiger partial charge is 0.393 e. The van der Waals surface area contributed by atoms with Gasteiger partial charge >= 0.3 is 11.9 Å². The molecule has 0 saturated carbocycles. The van der Waals surface area contributed by atoms with Gasteiger partial charge < -0.3 is 4.74 Å². The van der Waals surface area contributed by atoms with E-state index in [1.807, 2.05) is 0 Å². The molecule has 0 spiro atoms. The van der Waals surface area contributed by atoms with Crippen LogP contribution in [0.25, 0.3) is 0 Å². The van der Waals surface area contributed by atoms with E-state index >= 15 is 0 Å². The van der Waals surface area contributed by atoms with E-state index in [0.29, 0.717) is 12.8 Å². The minimum atomic E-state index is -0.351. The monoisotopic (exact) mass is 298 g/mol. The van der Waals surface area contributed by atoms with E-state index in [4.69, 9.17) is 4.74 Å². The number of carbonyl (C=O) groups is 2. The van der Waals surface area contributed by atoms with Gasteiger partial charge in [0.05, 0.1) is 0 Å². The third-order valence-electron chi connectivity index (χ3n) is 3.70. The van der Waals surface area contributed by atoms with E-state index in [1.165, 1.54) is 38.5 Å². The van der Waals surface area contributed by atoms with Crippen molar-refractivity contribution in [3.63, 3.8) is 0 Å². The Kier molecular flexibility index (Phi) is 14.9. The van der Waals surface area contributed by atoms with E-state index in [9.17, 15) is 9.59 Å². The summed E-state index contributed by atoms with van der Waals surface area (Å²) < 4.78 is 4.81. The number of hydrogen-bond donors (Lipinski definition) is 0. The van der Waals surface area contributed by atoms with Gasteiger partial charge in [-0.25, -0.2) is 0 Å². The first-order valence-electron chi connectivity index (χ1n) is 8.94. The summed E-state index contributed by atoms with van der Waals surface area (Å²) >= 11 is 0. The standard InChI is InChI=1S/C18H34O3/c1-3-5-7-9-10-11-12-14-16-18(20)21-17(19)15-13-8-6-4-2/h3-16H2,1-2H3. The van der Waals surface area contributed by atoms with Gasteiger partial charge in [0.2, 0.25) is 0 Å². The smallest absolute Gasteiger partial charge is 0.313 e. The average Bonchev–Trinajstić information content (AvgIpc) is 2.46. The fourth-order valence-electron chi connectivity index (χ4n) is 2.33. The van der Waals surface area contributed by atoms with Crippen LogP contribution in [0.1, 0.15) is 104 Å². The second-order valence-corrected chi connectivity index (χ2v) is 5.88. The van der Waals surface area contributed by atoms with Crippen molar-refractivity contribution >= 4 is 11.9 Å². The van der Waals surface area contributed by atoms with Gasteiger partial charge in [-0.3, -0.25) is 9.59 Å². The predicted molar refractivity (Wildman–Crippen MR) is 87.1 cm³/mol. The minimum Gasteiger partial charge on any atom is -0.393 e. The molecule has 124 valence electrons. The van der Waals surface area contributed by atoms with Crippen molar-refractivity contribution in [3.8, 4) is 0 Å². The van der Waals surface area contributed by atoms with Gasteiger partial charge in [-0.1, -0.05) is 78.1 Å². The van der Waals surface area contributed by atoms with E-state index in [-0.39, 0.29) is 11.9 Å². The summed E-state index contributed by atoms with van der Waals surface area (Å²) in [7, 11) is 0. The molecule has 0 aromatic carbocycles. The highest BCUT2D eigenvalue weighted by Gasteiger charge is 2.09. The second-order valence-electron chi connectivity index (χ2n) is 5.88. The number of rotatable bonds is 14. The third-order valence-corrected chi connectivity index (χ3v) is 3.70. The first-order valence-corrected chi connectivity index (χ1v) is 8.94. The molecule has 3 nitrogen and oxygen atoms in total. The highest BCUT2D eigenvalue weighted by molar-refractivity contribution is 5.85. The molecule has 0 N–H and O–H groups in total. The molecule has 0 aliphatic carbocycles. The van der Waals surface area contributed by atoms with E-state index in [2.05, 4.69) is 13.8 Å². The zero-order chi connectivity index (χ0) is 15.8. The molecule has 0 aliphatic rings. The fraction of sp³-hybridized carbons (Fsp3) is 0.889. The quantitative estimate of drug-likeness (QED) is 0.239. The normalized spacial score (nSPS) is 10.6. The van der Waals surface area contributed by atoms with Crippen molar-refractivity contribution in [2.45, 2.75) is 104 Å². The van der Waals surface area contributed by atoms with E-state index in [1.54, 1.807) is 0 Å². The van der Waals surface area contributed by atoms with Crippen LogP contribution in [0.5, 0.6) is 0 Å². The lowest BCUT2D eigenvalue weighted by Crippen LogP contribution is -2.11. The molecule has 0 bridgehead atoms. The molecular weight excluding hydrogens is 264 g/mol. The first-order chi connectivity index (χ1) is 10.2. The van der Waals surface area contributed by atoms with Crippen LogP contribution >= 0.6 is 0 Å². The lowest BCUT2D eigenvalue weighted by atomic mass is 10.1. The zero-order valence-corrected chi connectivity index (χ0v) is 14.1. The molecule has 21 heavy (non-hydrogen) atoms. The van der Waals surface area contributed by atoms with Crippen LogP contribution in [0.15, 0.2) is 0 Å². The van der Waals surface area contributed by atoms with Crippen LogP contribution in [0, 0.1) is 0 Å². The number of hydrogen-bond acceptors (Lipinski definition) is 3. The average molecular weight is 298 g/mol. The Balaban J connectivity index is 3.35. The van der Waals surface area contributed by atoms with Crippen molar-refractivity contribution in [2.75, 3.05) is 0 Å². The van der Waals surface area contributed by atoms with Crippen LogP contribution in [0.3, 0.4) is 0 Å². The molecule has 0 aromatic rings. The summed E-state index contributed by atoms with van der Waals surface area (Å²) in [6.45, 7) is 4.35. The minimum absolute atomic E-state index is 0.346. The molecule has 0 aliphatic heterocycles. The summed E-state index contributed by atoms with van der Waals surface area (Å²) in [6, 6.07) is 0. The molecule has 0 rings (SSSR count). The molecule has 0 unspecified atom stereocenters. The molecule has 0 heterocycles. The number of ether oxygens (including phenoxy) is 1. The Labute approximate surface area is 130 Å². The van der Waals surface area contributed by atoms with Gasteiger partial charge in [0, 0.05) is 12.8 Å². The maximum atomic E-state index is 11.5. The Morgan fingerprint density at radius 2 is 0.905 bits per heavy atom. The van der Waals surface area contributed by atoms with Crippen molar-refractivity contribution in [3.05, 3.63) is 0 Å². The lowest BCUT2D eigenvalue weighted by molar-refractivity contribution is -0.159. The highest BCUT2D eigenvalue weighted by Crippen LogP contribution is 2.10. The number of unbranched alkanes of at least 4 members (excludes halogenated alkanes) is 10. The van der Waals surface area contributed by atoms with Gasteiger partial charge in [0.15, 0.2) is 0 Å². The topological polar surface area (TPSA) is 43.4 Å². The van der Waals surface area contributed by atoms with Crippen LogP contribution in [0.2, 0.25) is 0 Å². The molecular formula is C18H34O3. The summed E-state index contributed by atoms with van der Waals surface area (Å²) in [5.41, 5.74) is 0. The van der Waals surface area contributed by atoms with Crippen LogP contribution in [-0.4, -0.2) is 11.9 Å². The maximum absolute atomic E-state index is 11.5. The Morgan fingerprint density at radius 3 is 1.33 bits per heavy atom. The van der Waals surface area contributed by atoms with Crippen LogP contribution < -0.4 is 0 Å². The van der Waals surface area contributed by atoms with E-state index < -0.39 is 0 Å². The van der Waals surface area contributed by atoms with Gasteiger partial charge in [0.1, 0.15) is 0 Å². The molecule has 3 heteroatoms. The van der Waals surface area contributed by atoms with Gasteiger partial charge in [-0.2, -0.15) is 0 Å². The SMILES string of the molecule is CCCCCCCCCCC(=O)OC(=O)CCCCCC. The summed E-state index contributed by atoms with van der Waals surface area (Å²) in [6.07, 6.45) is 14.5. The summed E-state index contributed by atoms with van der Waals surface area (Å²) in [5.74, 6) is -0.697. The molecule has 0 radical (unpaired) electrons. The van der Waals surface area contributed by atoms with Gasteiger partial charge in [-0.15, -0.1) is 0 Å². The molecule has 0 fully saturated rings. The molecule has 0 atom stereocenters. The van der Waals surface area contributed by atoms with Crippen LogP contribution in [0.4, 0.5) is 0 Å². The lowest BCUT2D eigenvalue weighted by Gasteiger charge is -2.03. The number of esters is 2. The van der Waals surface area contributed by atoms with Crippen LogP contribution in [-0.2, 0) is 14.3 Å². The Bertz CT molecular complexity index is 261. The van der Waals surface area contributed by atoms with Crippen molar-refractivity contribution in [1.82, 2.24) is 0 Å². The zero-order valence-electron chi connectivity index (χ0n) is 14.1. The second kappa shape index (κ2) is 15.5.